The first-order valence-corrected chi connectivity index (χ1v) is 21.6. The molecule has 0 aromatic heterocycles. The maximum absolute atomic E-state index is 2.57. The van der Waals surface area contributed by atoms with Crippen LogP contribution in [0.2, 0.25) is 0 Å². The van der Waals surface area contributed by atoms with Crippen LogP contribution in [0.5, 0.6) is 0 Å². The van der Waals surface area contributed by atoms with Gasteiger partial charge in [-0.3, -0.25) is 0 Å². The largest absolute Gasteiger partial charge is 0.0713 e. The van der Waals surface area contributed by atoms with E-state index in [2.05, 4.69) is 231 Å². The van der Waals surface area contributed by atoms with Crippen molar-refractivity contribution in [2.45, 2.75) is 17.3 Å². The van der Waals surface area contributed by atoms with E-state index < -0.39 is 5.41 Å². The van der Waals surface area contributed by atoms with E-state index in [1.54, 1.807) is 0 Å². The second-order valence-electron chi connectivity index (χ2n) is 17.1. The molecule has 3 aliphatic carbocycles. The zero-order chi connectivity index (χ0) is 40.1. The molecule has 0 heteroatoms. The molecule has 2 atom stereocenters. The maximum atomic E-state index is 2.57. The molecule has 10 aromatic rings. The number of hydrogen-bond acceptors (Lipinski definition) is 0. The van der Waals surface area contributed by atoms with E-state index in [1.807, 2.05) is 0 Å². The molecule has 61 heavy (non-hydrogen) atoms. The van der Waals surface area contributed by atoms with Crippen molar-refractivity contribution in [1.82, 2.24) is 0 Å². The van der Waals surface area contributed by atoms with E-state index in [-0.39, 0.29) is 11.8 Å². The zero-order valence-corrected chi connectivity index (χ0v) is 33.6. The Morgan fingerprint density at radius 3 is 1.49 bits per heavy atom. The molecule has 0 N–H and O–H groups in total. The molecule has 284 valence electrons. The Hall–Kier alpha value is -7.54. The molecule has 0 radical (unpaired) electrons. The van der Waals surface area contributed by atoms with Crippen LogP contribution in [0, 0.1) is 0 Å². The minimum atomic E-state index is -0.457. The highest BCUT2D eigenvalue weighted by Crippen LogP contribution is 2.60. The van der Waals surface area contributed by atoms with Crippen molar-refractivity contribution in [3.05, 3.63) is 286 Å². The summed E-state index contributed by atoms with van der Waals surface area (Å²) in [6.45, 7) is 0. The summed E-state index contributed by atoms with van der Waals surface area (Å²) in [6, 6.07) is 86.9. The molecule has 0 aliphatic heterocycles. The van der Waals surface area contributed by atoms with Gasteiger partial charge in [-0.2, -0.15) is 0 Å². The normalized spacial score (nSPS) is 16.0. The standard InChI is InChI=1S/C61H40/c1-4-17-40(18-5-1)59-51-33-31-43(42-30-32-50-52(35-42)47-24-12-13-26-49(47)60(50)44-29-28-39-16-10-11-19-41(39)34-44)36-53(51)54-38-58-55(37-56(54)59)48-25-14-15-27-57(48)61(58,45-20-6-2-7-21-45)46-22-8-3-9-23-46/h1-38,59-60H. The van der Waals surface area contributed by atoms with E-state index in [1.165, 1.54) is 111 Å². The average Bonchev–Trinajstić information content (AvgIpc) is 3.94. The van der Waals surface area contributed by atoms with Crippen LogP contribution in [-0.4, -0.2) is 0 Å². The van der Waals surface area contributed by atoms with Crippen LogP contribution < -0.4 is 0 Å². The van der Waals surface area contributed by atoms with Gasteiger partial charge >= 0.3 is 0 Å². The Morgan fingerprint density at radius 2 is 0.787 bits per heavy atom. The Kier molecular flexibility index (Phi) is 7.45. The van der Waals surface area contributed by atoms with Crippen LogP contribution in [-0.2, 0) is 5.41 Å². The fourth-order valence-corrected chi connectivity index (χ4v) is 11.5. The first kappa shape index (κ1) is 34.3. The minimum Gasteiger partial charge on any atom is -0.0622 e. The van der Waals surface area contributed by atoms with Gasteiger partial charge in [-0.15, -0.1) is 0 Å². The molecule has 3 aliphatic rings. The van der Waals surface area contributed by atoms with Crippen molar-refractivity contribution < 1.29 is 0 Å². The van der Waals surface area contributed by atoms with Crippen LogP contribution in [0.15, 0.2) is 231 Å². The lowest BCUT2D eigenvalue weighted by atomic mass is 9.67. The zero-order valence-electron chi connectivity index (χ0n) is 33.6. The van der Waals surface area contributed by atoms with Gasteiger partial charge in [0.15, 0.2) is 0 Å². The van der Waals surface area contributed by atoms with Crippen molar-refractivity contribution >= 4 is 10.8 Å². The molecule has 0 spiro atoms. The summed E-state index contributed by atoms with van der Waals surface area (Å²) in [4.78, 5) is 0. The van der Waals surface area contributed by atoms with Crippen LogP contribution in [0.1, 0.15) is 67.5 Å². The molecule has 10 aromatic carbocycles. The first-order chi connectivity index (χ1) is 30.3. The molecule has 0 saturated heterocycles. The number of rotatable bonds is 5. The van der Waals surface area contributed by atoms with Crippen molar-refractivity contribution in [2.24, 2.45) is 0 Å². The van der Waals surface area contributed by atoms with Gasteiger partial charge in [-0.25, -0.2) is 0 Å². The third-order valence-corrected chi connectivity index (χ3v) is 14.1. The SMILES string of the molecule is c1ccc(C2c3ccc(-c4ccc5c(c4)-c4ccccc4C5c4ccc5ccccc5c4)cc3-c3cc4c(cc32)-c2ccccc2C4(c2ccccc2)c2ccccc2)cc1. The molecule has 0 nitrogen and oxygen atoms in total. The first-order valence-electron chi connectivity index (χ1n) is 21.6. The minimum absolute atomic E-state index is 0.135. The fourth-order valence-electron chi connectivity index (χ4n) is 11.5. The lowest BCUT2D eigenvalue weighted by molar-refractivity contribution is 0.768. The summed E-state index contributed by atoms with van der Waals surface area (Å²) in [5.74, 6) is 0.333. The van der Waals surface area contributed by atoms with Gasteiger partial charge in [0.05, 0.1) is 5.41 Å². The van der Waals surface area contributed by atoms with Crippen LogP contribution in [0.4, 0.5) is 0 Å². The summed E-state index contributed by atoms with van der Waals surface area (Å²) >= 11 is 0. The molecule has 2 unspecified atom stereocenters. The Bertz CT molecular complexity index is 3320. The molecule has 0 bridgehead atoms. The second kappa shape index (κ2) is 13.2. The lowest BCUT2D eigenvalue weighted by Crippen LogP contribution is -2.28. The maximum Gasteiger partial charge on any atom is 0.0713 e. The van der Waals surface area contributed by atoms with Crippen LogP contribution in [0.3, 0.4) is 0 Å². The van der Waals surface area contributed by atoms with E-state index in [9.17, 15) is 0 Å². The van der Waals surface area contributed by atoms with Gasteiger partial charge in [0.2, 0.25) is 0 Å². The van der Waals surface area contributed by atoms with E-state index in [0.717, 1.165) is 0 Å². The predicted octanol–water partition coefficient (Wildman–Crippen LogP) is 15.2. The topological polar surface area (TPSA) is 0 Å². The summed E-state index contributed by atoms with van der Waals surface area (Å²) in [6.07, 6.45) is 0. The highest BCUT2D eigenvalue weighted by Gasteiger charge is 2.47. The third kappa shape index (κ3) is 4.94. The Labute approximate surface area is 357 Å². The van der Waals surface area contributed by atoms with Gasteiger partial charge in [0, 0.05) is 11.8 Å². The van der Waals surface area contributed by atoms with Crippen molar-refractivity contribution in [2.75, 3.05) is 0 Å². The molecular weight excluding hydrogens is 733 g/mol. The fraction of sp³-hybridized carbons (Fsp3) is 0.0492. The molecule has 0 amide bonds. The van der Waals surface area contributed by atoms with E-state index in [0.29, 0.717) is 0 Å². The van der Waals surface area contributed by atoms with Crippen molar-refractivity contribution in [3.8, 4) is 44.5 Å². The second-order valence-corrected chi connectivity index (χ2v) is 17.1. The lowest BCUT2D eigenvalue weighted by Gasteiger charge is -2.34. The number of benzene rings is 10. The van der Waals surface area contributed by atoms with Crippen molar-refractivity contribution in [1.29, 1.82) is 0 Å². The quantitative estimate of drug-likeness (QED) is 0.163. The average molecular weight is 773 g/mol. The highest BCUT2D eigenvalue weighted by molar-refractivity contribution is 5.94. The van der Waals surface area contributed by atoms with Crippen LogP contribution in [0.25, 0.3) is 55.3 Å². The monoisotopic (exact) mass is 772 g/mol. The van der Waals surface area contributed by atoms with Gasteiger partial charge in [-0.1, -0.05) is 206 Å². The Morgan fingerprint density at radius 1 is 0.262 bits per heavy atom. The Balaban J connectivity index is 1.01. The summed E-state index contributed by atoms with van der Waals surface area (Å²) < 4.78 is 0. The number of hydrogen-bond donors (Lipinski definition) is 0. The smallest absolute Gasteiger partial charge is 0.0622 e. The van der Waals surface area contributed by atoms with Gasteiger partial charge in [0.1, 0.15) is 0 Å². The number of fused-ring (bicyclic) bond motifs is 10. The van der Waals surface area contributed by atoms with Crippen LogP contribution >= 0.6 is 0 Å². The van der Waals surface area contributed by atoms with Gasteiger partial charge in [-0.05, 0) is 135 Å². The molecule has 13 rings (SSSR count). The molecule has 0 fully saturated rings. The van der Waals surface area contributed by atoms with Crippen molar-refractivity contribution in [3.63, 3.8) is 0 Å². The predicted molar refractivity (Wildman–Crippen MR) is 252 cm³/mol. The molecule has 0 heterocycles. The summed E-state index contributed by atoms with van der Waals surface area (Å²) in [5, 5.41) is 2.56. The molecular formula is C61H40. The molecule has 0 saturated carbocycles. The third-order valence-electron chi connectivity index (χ3n) is 14.1. The summed E-state index contributed by atoms with van der Waals surface area (Å²) in [5.41, 5.74) is 23.5. The summed E-state index contributed by atoms with van der Waals surface area (Å²) in [7, 11) is 0. The van der Waals surface area contributed by atoms with E-state index >= 15 is 0 Å². The van der Waals surface area contributed by atoms with Gasteiger partial charge in [0.25, 0.3) is 0 Å². The highest BCUT2D eigenvalue weighted by atomic mass is 14.5. The van der Waals surface area contributed by atoms with E-state index in [4.69, 9.17) is 0 Å². The van der Waals surface area contributed by atoms with Gasteiger partial charge < -0.3 is 0 Å².